The second-order valence-electron chi connectivity index (χ2n) is 6.99. The molecule has 0 atom stereocenters. The molecule has 0 saturated heterocycles. The topological polar surface area (TPSA) is 84.5 Å². The number of anilines is 1. The van der Waals surface area contributed by atoms with Gasteiger partial charge in [-0.3, -0.25) is 0 Å². The van der Waals surface area contributed by atoms with Crippen molar-refractivity contribution in [2.24, 2.45) is 0 Å². The molecule has 0 aliphatic rings. The molecule has 0 fully saturated rings. The van der Waals surface area contributed by atoms with Gasteiger partial charge in [-0.15, -0.1) is 0 Å². The fourth-order valence-electron chi connectivity index (χ4n) is 2.75. The minimum absolute atomic E-state index is 0.239. The Morgan fingerprint density at radius 1 is 0.867 bits per heavy atom. The van der Waals surface area contributed by atoms with Gasteiger partial charge < -0.3 is 15.4 Å². The first-order valence-electron chi connectivity index (χ1n) is 9.48. The van der Waals surface area contributed by atoms with Gasteiger partial charge in [-0.25, -0.2) is 13.2 Å². The van der Waals surface area contributed by atoms with Crippen molar-refractivity contribution in [3.05, 3.63) is 83.9 Å². The van der Waals surface area contributed by atoms with E-state index in [0.29, 0.717) is 23.7 Å². The molecule has 0 aliphatic carbocycles. The van der Waals surface area contributed by atoms with Crippen LogP contribution in [0.4, 0.5) is 10.5 Å². The van der Waals surface area contributed by atoms with Gasteiger partial charge in [0.25, 0.3) is 0 Å². The summed E-state index contributed by atoms with van der Waals surface area (Å²) in [5.74, 6) is 1.10. The molecule has 0 aliphatic heterocycles. The Hall–Kier alpha value is -3.32. The van der Waals surface area contributed by atoms with Gasteiger partial charge in [0.05, 0.1) is 4.90 Å². The maximum Gasteiger partial charge on any atom is 0.319 e. The maximum atomic E-state index is 12.0. The molecule has 7 heteroatoms. The molecule has 6 nitrogen and oxygen atoms in total. The van der Waals surface area contributed by atoms with Gasteiger partial charge in [-0.1, -0.05) is 29.8 Å². The van der Waals surface area contributed by atoms with E-state index >= 15 is 0 Å². The van der Waals surface area contributed by atoms with Crippen molar-refractivity contribution in [2.45, 2.75) is 18.2 Å². The van der Waals surface area contributed by atoms with Crippen LogP contribution >= 0.6 is 0 Å². The first kappa shape index (κ1) is 21.4. The van der Waals surface area contributed by atoms with E-state index in [1.54, 1.807) is 36.4 Å². The molecule has 0 heterocycles. The number of ether oxygens (including phenoxy) is 1. The van der Waals surface area contributed by atoms with Crippen molar-refractivity contribution >= 4 is 21.6 Å². The number of aryl methyl sites for hydroxylation is 1. The van der Waals surface area contributed by atoms with Crippen LogP contribution in [0.15, 0.2) is 77.7 Å². The zero-order valence-electron chi connectivity index (χ0n) is 16.9. The molecular formula is C23H24N2O4S. The monoisotopic (exact) mass is 424 g/mol. The van der Waals surface area contributed by atoms with E-state index in [2.05, 4.69) is 34.9 Å². The Labute approximate surface area is 176 Å². The molecule has 0 unspecified atom stereocenters. The van der Waals surface area contributed by atoms with Crippen molar-refractivity contribution in [1.29, 1.82) is 0 Å². The number of nitrogens with one attached hydrogen (secondary N) is 2. The first-order chi connectivity index (χ1) is 14.3. The minimum Gasteiger partial charge on any atom is -0.457 e. The zero-order valence-corrected chi connectivity index (χ0v) is 17.7. The lowest BCUT2D eigenvalue weighted by molar-refractivity contribution is 0.252. The van der Waals surface area contributed by atoms with E-state index in [0.717, 1.165) is 12.7 Å². The summed E-state index contributed by atoms with van der Waals surface area (Å²) in [4.78, 5) is 12.3. The lowest BCUT2D eigenvalue weighted by Gasteiger charge is -2.10. The molecule has 0 aromatic heterocycles. The fourth-order valence-corrected chi connectivity index (χ4v) is 3.38. The standard InChI is InChI=1S/C23H24N2O4S/c1-17-3-5-18(6-4-17)15-16-24-23(26)25-19-7-9-20(10-8-19)29-21-11-13-22(14-12-21)30(2,27)28/h3-14H,15-16H2,1-2H3,(H2,24,25,26). The molecule has 0 radical (unpaired) electrons. The van der Waals surface area contributed by atoms with Gasteiger partial charge in [0, 0.05) is 18.5 Å². The minimum atomic E-state index is -3.24. The van der Waals surface area contributed by atoms with Crippen LogP contribution in [0.1, 0.15) is 11.1 Å². The van der Waals surface area contributed by atoms with E-state index in [9.17, 15) is 13.2 Å². The summed E-state index contributed by atoms with van der Waals surface area (Å²) < 4.78 is 28.7. The lowest BCUT2D eigenvalue weighted by Crippen LogP contribution is -2.30. The predicted octanol–water partition coefficient (Wildman–Crippen LogP) is 4.56. The molecule has 3 aromatic rings. The lowest BCUT2D eigenvalue weighted by atomic mass is 10.1. The normalized spacial score (nSPS) is 11.0. The molecule has 156 valence electrons. The maximum absolute atomic E-state index is 12.0. The fraction of sp³-hybridized carbons (Fsp3) is 0.174. The summed E-state index contributed by atoms with van der Waals surface area (Å²) in [6.07, 6.45) is 1.92. The molecule has 30 heavy (non-hydrogen) atoms. The van der Waals surface area contributed by atoms with Crippen molar-refractivity contribution in [3.63, 3.8) is 0 Å². The molecule has 0 saturated carbocycles. The van der Waals surface area contributed by atoms with Crippen LogP contribution in [0.2, 0.25) is 0 Å². The zero-order chi connectivity index (χ0) is 21.6. The average molecular weight is 425 g/mol. The highest BCUT2D eigenvalue weighted by molar-refractivity contribution is 7.90. The summed E-state index contributed by atoms with van der Waals surface area (Å²) in [6.45, 7) is 2.58. The Bertz CT molecular complexity index is 1090. The average Bonchev–Trinajstić information content (AvgIpc) is 2.71. The number of carbonyl (C=O) groups excluding carboxylic acids is 1. The summed E-state index contributed by atoms with van der Waals surface area (Å²) in [7, 11) is -3.24. The first-order valence-corrected chi connectivity index (χ1v) is 11.4. The summed E-state index contributed by atoms with van der Waals surface area (Å²) in [5.41, 5.74) is 3.03. The van der Waals surface area contributed by atoms with Crippen LogP contribution < -0.4 is 15.4 Å². The Morgan fingerprint density at radius 3 is 2.00 bits per heavy atom. The second-order valence-corrected chi connectivity index (χ2v) is 9.00. The van der Waals surface area contributed by atoms with Gasteiger partial charge in [0.2, 0.25) is 0 Å². The molecular weight excluding hydrogens is 400 g/mol. The van der Waals surface area contributed by atoms with E-state index in [1.807, 2.05) is 6.92 Å². The smallest absolute Gasteiger partial charge is 0.319 e. The van der Waals surface area contributed by atoms with Crippen LogP contribution in [0, 0.1) is 6.92 Å². The number of benzene rings is 3. The van der Waals surface area contributed by atoms with E-state index in [4.69, 9.17) is 4.74 Å². The quantitative estimate of drug-likeness (QED) is 0.583. The number of hydrogen-bond acceptors (Lipinski definition) is 4. The third kappa shape index (κ3) is 6.35. The molecule has 0 bridgehead atoms. The highest BCUT2D eigenvalue weighted by atomic mass is 32.2. The van der Waals surface area contributed by atoms with E-state index in [-0.39, 0.29) is 10.9 Å². The van der Waals surface area contributed by atoms with E-state index < -0.39 is 9.84 Å². The highest BCUT2D eigenvalue weighted by Crippen LogP contribution is 2.24. The van der Waals surface area contributed by atoms with Crippen molar-refractivity contribution in [2.75, 3.05) is 18.1 Å². The Kier molecular flexibility index (Phi) is 6.74. The van der Waals surface area contributed by atoms with Gasteiger partial charge >= 0.3 is 6.03 Å². The summed E-state index contributed by atoms with van der Waals surface area (Å²) >= 11 is 0. The molecule has 2 amide bonds. The van der Waals surface area contributed by atoms with Crippen LogP contribution in [0.25, 0.3) is 0 Å². The van der Waals surface area contributed by atoms with Crippen LogP contribution in [0.3, 0.4) is 0 Å². The van der Waals surface area contributed by atoms with Gasteiger partial charge in [-0.2, -0.15) is 0 Å². The van der Waals surface area contributed by atoms with Crippen LogP contribution in [-0.2, 0) is 16.3 Å². The van der Waals surface area contributed by atoms with Crippen LogP contribution in [0.5, 0.6) is 11.5 Å². The van der Waals surface area contributed by atoms with E-state index in [1.165, 1.54) is 23.3 Å². The third-order valence-electron chi connectivity index (χ3n) is 4.42. The second kappa shape index (κ2) is 9.45. The largest absolute Gasteiger partial charge is 0.457 e. The molecule has 0 spiro atoms. The van der Waals surface area contributed by atoms with Crippen molar-refractivity contribution < 1.29 is 17.9 Å². The molecule has 3 rings (SSSR count). The number of sulfone groups is 1. The van der Waals surface area contributed by atoms with Gasteiger partial charge in [0.15, 0.2) is 9.84 Å². The number of hydrogen-bond donors (Lipinski definition) is 2. The molecule has 2 N–H and O–H groups in total. The Morgan fingerprint density at radius 2 is 1.43 bits per heavy atom. The molecule has 3 aromatic carbocycles. The number of urea groups is 1. The highest BCUT2D eigenvalue weighted by Gasteiger charge is 2.07. The number of amides is 2. The SMILES string of the molecule is Cc1ccc(CCNC(=O)Nc2ccc(Oc3ccc(S(C)(=O)=O)cc3)cc2)cc1. The predicted molar refractivity (Wildman–Crippen MR) is 118 cm³/mol. The number of rotatable bonds is 7. The summed E-state index contributed by atoms with van der Waals surface area (Å²) in [5, 5.41) is 5.62. The summed E-state index contributed by atoms with van der Waals surface area (Å²) in [6, 6.07) is 21.1. The third-order valence-corrected chi connectivity index (χ3v) is 5.55. The Balaban J connectivity index is 1.47. The van der Waals surface area contributed by atoms with Crippen LogP contribution in [-0.4, -0.2) is 27.2 Å². The van der Waals surface area contributed by atoms with Crippen molar-refractivity contribution in [1.82, 2.24) is 5.32 Å². The van der Waals surface area contributed by atoms with Gasteiger partial charge in [-0.05, 0) is 67.4 Å². The van der Waals surface area contributed by atoms with Gasteiger partial charge in [0.1, 0.15) is 11.5 Å². The van der Waals surface area contributed by atoms with Crippen molar-refractivity contribution in [3.8, 4) is 11.5 Å². The number of carbonyl (C=O) groups is 1.